The van der Waals surface area contributed by atoms with Crippen molar-refractivity contribution >= 4 is 39.8 Å². The number of rotatable bonds is 5. The van der Waals surface area contributed by atoms with Crippen LogP contribution in [0.4, 0.5) is 17.6 Å². The molecule has 1 aromatic carbocycles. The van der Waals surface area contributed by atoms with E-state index >= 15 is 0 Å². The van der Waals surface area contributed by atoms with Gasteiger partial charge in [-0.1, -0.05) is 12.1 Å². The van der Waals surface area contributed by atoms with Gasteiger partial charge in [-0.15, -0.1) is 0 Å². The molecule has 0 aliphatic rings. The normalized spacial score (nSPS) is 11.1. The maximum atomic E-state index is 4.57. The summed E-state index contributed by atoms with van der Waals surface area (Å²) in [6.45, 7) is 0.479. The van der Waals surface area contributed by atoms with Crippen molar-refractivity contribution in [3.05, 3.63) is 55.0 Å². The molecular weight excluding hydrogens is 344 g/mol. The molecule has 0 bridgehead atoms. The van der Waals surface area contributed by atoms with Gasteiger partial charge in [-0.3, -0.25) is 0 Å². The summed E-state index contributed by atoms with van der Waals surface area (Å²) in [5.41, 5.74) is 3.19. The molecule has 0 aliphatic heterocycles. The van der Waals surface area contributed by atoms with Gasteiger partial charge in [-0.25, -0.2) is 19.9 Å². The first-order valence-electron chi connectivity index (χ1n) is 8.27. The van der Waals surface area contributed by atoms with Gasteiger partial charge in [0.2, 0.25) is 5.95 Å². The van der Waals surface area contributed by atoms with E-state index in [0.717, 1.165) is 22.4 Å². The smallest absolute Gasteiger partial charge is 0.232 e. The van der Waals surface area contributed by atoms with Crippen molar-refractivity contribution in [3.8, 4) is 0 Å². The minimum absolute atomic E-state index is 0.389. The molecule has 0 fully saturated rings. The largest absolute Gasteiger partial charge is 0.361 e. The summed E-state index contributed by atoms with van der Waals surface area (Å²) >= 11 is 0. The van der Waals surface area contributed by atoms with Crippen molar-refractivity contribution in [2.45, 2.75) is 6.54 Å². The molecule has 5 aromatic rings. The molecule has 0 spiro atoms. The van der Waals surface area contributed by atoms with Crippen LogP contribution in [0.15, 0.2) is 49.2 Å². The lowest BCUT2D eigenvalue weighted by Gasteiger charge is -2.08. The number of para-hydroxylation sites is 2. The van der Waals surface area contributed by atoms with Gasteiger partial charge in [0, 0.05) is 6.20 Å². The Morgan fingerprint density at radius 1 is 1.00 bits per heavy atom. The summed E-state index contributed by atoms with van der Waals surface area (Å²) < 4.78 is 0. The van der Waals surface area contributed by atoms with Crippen LogP contribution in [0.1, 0.15) is 5.82 Å². The van der Waals surface area contributed by atoms with Crippen molar-refractivity contribution < 1.29 is 0 Å². The third kappa shape index (κ3) is 2.99. The van der Waals surface area contributed by atoms with E-state index in [1.54, 1.807) is 18.6 Å². The highest BCUT2D eigenvalue weighted by Gasteiger charge is 2.11. The zero-order valence-electron chi connectivity index (χ0n) is 14.0. The van der Waals surface area contributed by atoms with Crippen molar-refractivity contribution in [1.29, 1.82) is 0 Å². The summed E-state index contributed by atoms with van der Waals surface area (Å²) in [5, 5.41) is 6.34. The summed E-state index contributed by atoms with van der Waals surface area (Å²) in [6.07, 6.45) is 4.68. The van der Waals surface area contributed by atoms with Gasteiger partial charge >= 0.3 is 0 Å². The zero-order chi connectivity index (χ0) is 18.1. The Hall–Kier alpha value is -4.08. The second kappa shape index (κ2) is 6.33. The average molecular weight is 358 g/mol. The molecule has 0 saturated carbocycles. The monoisotopic (exact) mass is 358 g/mol. The molecule has 0 saturated heterocycles. The van der Waals surface area contributed by atoms with Crippen LogP contribution in [-0.4, -0.2) is 39.9 Å². The molecule has 0 unspecified atom stereocenters. The van der Waals surface area contributed by atoms with Crippen LogP contribution in [0.3, 0.4) is 0 Å². The first-order valence-corrected chi connectivity index (χ1v) is 8.27. The predicted molar refractivity (Wildman–Crippen MR) is 100 cm³/mol. The van der Waals surface area contributed by atoms with Crippen molar-refractivity contribution in [2.24, 2.45) is 0 Å². The first-order chi connectivity index (χ1) is 13.3. The molecule has 4 heterocycles. The lowest BCUT2D eigenvalue weighted by molar-refractivity contribution is 0.996. The zero-order valence-corrected chi connectivity index (χ0v) is 14.0. The SMILES string of the molecule is c1ccc2[nH]c(CNc3nc(Nc4ccncn4)nc4nc[nH]c34)nc2c1. The van der Waals surface area contributed by atoms with E-state index in [4.69, 9.17) is 0 Å². The fourth-order valence-electron chi connectivity index (χ4n) is 2.75. The van der Waals surface area contributed by atoms with Crippen molar-refractivity contribution in [3.63, 3.8) is 0 Å². The number of anilines is 3. The van der Waals surface area contributed by atoms with Crippen LogP contribution in [0.25, 0.3) is 22.2 Å². The van der Waals surface area contributed by atoms with Crippen LogP contribution < -0.4 is 10.6 Å². The molecule has 5 rings (SSSR count). The molecule has 0 radical (unpaired) electrons. The molecule has 4 N–H and O–H groups in total. The molecule has 0 amide bonds. The van der Waals surface area contributed by atoms with E-state index in [1.807, 2.05) is 24.3 Å². The maximum Gasteiger partial charge on any atom is 0.232 e. The number of nitrogens with zero attached hydrogens (tertiary/aromatic N) is 6. The van der Waals surface area contributed by atoms with Crippen LogP contribution in [0, 0.1) is 0 Å². The number of imidazole rings is 2. The highest BCUT2D eigenvalue weighted by atomic mass is 15.2. The standard InChI is InChI=1S/C17H14N10/c1-2-4-11-10(3-1)23-13(24-11)7-19-15-14-16(22-9-21-14)27-17(26-15)25-12-5-6-18-8-20-12/h1-6,8-9H,7H2,(H,23,24)(H3,18,19,20,21,22,25,26,27). The summed E-state index contributed by atoms with van der Waals surface area (Å²) in [6, 6.07) is 9.63. The Labute approximate surface area is 152 Å². The number of nitrogens with one attached hydrogen (secondary N) is 4. The van der Waals surface area contributed by atoms with E-state index in [-0.39, 0.29) is 0 Å². The van der Waals surface area contributed by atoms with Crippen molar-refractivity contribution in [2.75, 3.05) is 10.6 Å². The fourth-order valence-corrected chi connectivity index (χ4v) is 2.75. The molecule has 4 aromatic heterocycles. The van der Waals surface area contributed by atoms with E-state index in [0.29, 0.717) is 29.8 Å². The number of H-pyrrole nitrogens is 2. The Balaban J connectivity index is 1.43. The van der Waals surface area contributed by atoms with Gasteiger partial charge < -0.3 is 20.6 Å². The first kappa shape index (κ1) is 15.2. The minimum Gasteiger partial charge on any atom is -0.361 e. The van der Waals surface area contributed by atoms with Gasteiger partial charge in [0.15, 0.2) is 11.5 Å². The lowest BCUT2D eigenvalue weighted by Crippen LogP contribution is -2.07. The lowest BCUT2D eigenvalue weighted by atomic mass is 10.3. The van der Waals surface area contributed by atoms with E-state index in [9.17, 15) is 0 Å². The van der Waals surface area contributed by atoms with Crippen LogP contribution in [0.2, 0.25) is 0 Å². The van der Waals surface area contributed by atoms with Gasteiger partial charge in [-0.05, 0) is 18.2 Å². The predicted octanol–water partition coefficient (Wildman–Crippen LogP) is 2.37. The number of fused-ring (bicyclic) bond motifs is 2. The minimum atomic E-state index is 0.389. The van der Waals surface area contributed by atoms with E-state index in [2.05, 4.69) is 50.5 Å². The highest BCUT2D eigenvalue weighted by Crippen LogP contribution is 2.21. The number of hydrogen-bond acceptors (Lipinski definition) is 8. The Kier molecular flexibility index (Phi) is 3.56. The fraction of sp³-hybridized carbons (Fsp3) is 0.0588. The van der Waals surface area contributed by atoms with Gasteiger partial charge in [0.1, 0.15) is 23.5 Å². The third-order valence-electron chi connectivity index (χ3n) is 3.97. The third-order valence-corrected chi connectivity index (χ3v) is 3.97. The van der Waals surface area contributed by atoms with E-state index < -0.39 is 0 Å². The summed E-state index contributed by atoms with van der Waals surface area (Å²) in [4.78, 5) is 32.1. The summed E-state index contributed by atoms with van der Waals surface area (Å²) in [5.74, 6) is 2.42. The van der Waals surface area contributed by atoms with Crippen LogP contribution in [-0.2, 0) is 6.54 Å². The summed E-state index contributed by atoms with van der Waals surface area (Å²) in [7, 11) is 0. The number of hydrogen-bond donors (Lipinski definition) is 4. The number of aromatic nitrogens is 8. The quantitative estimate of drug-likeness (QED) is 0.376. The second-order valence-electron chi connectivity index (χ2n) is 5.77. The Bertz CT molecular complexity index is 1180. The molecule has 10 nitrogen and oxygen atoms in total. The van der Waals surface area contributed by atoms with Gasteiger partial charge in [-0.2, -0.15) is 9.97 Å². The molecule has 132 valence electrons. The molecule has 0 aliphatic carbocycles. The Morgan fingerprint density at radius 2 is 1.96 bits per heavy atom. The molecule has 10 heteroatoms. The Morgan fingerprint density at radius 3 is 2.85 bits per heavy atom. The van der Waals surface area contributed by atoms with E-state index in [1.165, 1.54) is 6.33 Å². The molecular formula is C17H14N10. The molecule has 27 heavy (non-hydrogen) atoms. The van der Waals surface area contributed by atoms with Crippen LogP contribution in [0.5, 0.6) is 0 Å². The van der Waals surface area contributed by atoms with Gasteiger partial charge in [0.25, 0.3) is 0 Å². The molecule has 0 atom stereocenters. The highest BCUT2D eigenvalue weighted by molar-refractivity contribution is 5.84. The maximum absolute atomic E-state index is 4.57. The average Bonchev–Trinajstić information content (AvgIpc) is 3.33. The van der Waals surface area contributed by atoms with Gasteiger partial charge in [0.05, 0.1) is 23.9 Å². The number of benzene rings is 1. The van der Waals surface area contributed by atoms with Crippen molar-refractivity contribution in [1.82, 2.24) is 39.9 Å². The number of aromatic amines is 2. The van der Waals surface area contributed by atoms with Crippen LogP contribution >= 0.6 is 0 Å². The second-order valence-corrected chi connectivity index (χ2v) is 5.77. The topological polar surface area (TPSA) is 133 Å².